The third-order valence-electron chi connectivity index (χ3n) is 7.85. The number of carbonyl (C=O) groups excluding carboxylic acids is 2. The molecule has 45 heavy (non-hydrogen) atoms. The molecule has 0 aliphatic rings. The van der Waals surface area contributed by atoms with Crippen LogP contribution >= 0.6 is 0 Å². The van der Waals surface area contributed by atoms with Crippen LogP contribution in [0.25, 0.3) is 6.08 Å². The van der Waals surface area contributed by atoms with E-state index < -0.39 is 44.7 Å². The fraction of sp³-hybridized carbons (Fsp3) is 0.351. The second-order valence-electron chi connectivity index (χ2n) is 12.4. The predicted molar refractivity (Wildman–Crippen MR) is 182 cm³/mol. The maximum Gasteiger partial charge on any atom is 0.408 e. The first-order valence-electron chi connectivity index (χ1n) is 15.2. The van der Waals surface area contributed by atoms with Crippen molar-refractivity contribution in [2.24, 2.45) is 0 Å². The van der Waals surface area contributed by atoms with Gasteiger partial charge in [0.1, 0.15) is 18.8 Å². The highest BCUT2D eigenvalue weighted by atomic mass is 28.4. The van der Waals surface area contributed by atoms with E-state index in [2.05, 4.69) is 45.8 Å². The monoisotopic (exact) mass is 629 g/mol. The van der Waals surface area contributed by atoms with Crippen LogP contribution in [0.3, 0.4) is 0 Å². The van der Waals surface area contributed by atoms with Gasteiger partial charge in [-0.2, -0.15) is 0 Å². The summed E-state index contributed by atoms with van der Waals surface area (Å²) in [5.74, 6) is -0.481. The number of hydrogen-bond acceptors (Lipinski definition) is 6. The molecule has 1 amide bonds. The standard InChI is InChI=1S/C37H47NO6Si/c1-8-33(43-28(2)39)35(41-26-30-20-14-10-15-21-30)34(44-45(6,7)37(3,4)5)32(25-24-29-18-12-9-13-19-29)38-36(40)42-27-31-22-16-11-17-23-31/h8-25,32-35H,1,26-27H2,2-7H3,(H,38,40)/t32-,33+,34+,35-/m1/s1. The van der Waals surface area contributed by atoms with Crippen LogP contribution in [0.15, 0.2) is 110 Å². The van der Waals surface area contributed by atoms with Crippen LogP contribution in [0.5, 0.6) is 0 Å². The molecule has 4 atom stereocenters. The van der Waals surface area contributed by atoms with Crippen molar-refractivity contribution in [3.05, 3.63) is 126 Å². The summed E-state index contributed by atoms with van der Waals surface area (Å²) in [7, 11) is -2.51. The quantitative estimate of drug-likeness (QED) is 0.104. The van der Waals surface area contributed by atoms with Crippen LogP contribution < -0.4 is 5.32 Å². The molecule has 0 aromatic heterocycles. The van der Waals surface area contributed by atoms with E-state index in [0.29, 0.717) is 0 Å². The highest BCUT2D eigenvalue weighted by Gasteiger charge is 2.45. The van der Waals surface area contributed by atoms with Gasteiger partial charge in [0, 0.05) is 6.92 Å². The number of nitrogens with one attached hydrogen (secondary N) is 1. The number of amides is 1. The third kappa shape index (κ3) is 11.5. The van der Waals surface area contributed by atoms with Gasteiger partial charge in [-0.05, 0) is 40.9 Å². The fourth-order valence-electron chi connectivity index (χ4n) is 4.37. The summed E-state index contributed by atoms with van der Waals surface area (Å²) < 4.78 is 25.0. The average Bonchev–Trinajstić information content (AvgIpc) is 3.01. The van der Waals surface area contributed by atoms with Gasteiger partial charge >= 0.3 is 12.1 Å². The fourth-order valence-corrected chi connectivity index (χ4v) is 5.68. The molecule has 0 unspecified atom stereocenters. The van der Waals surface area contributed by atoms with Crippen LogP contribution in [0, 0.1) is 0 Å². The van der Waals surface area contributed by atoms with Crippen molar-refractivity contribution in [2.45, 2.75) is 83.4 Å². The van der Waals surface area contributed by atoms with Gasteiger partial charge in [0.05, 0.1) is 18.8 Å². The molecule has 0 fully saturated rings. The van der Waals surface area contributed by atoms with Gasteiger partial charge in [0.15, 0.2) is 8.32 Å². The molecule has 240 valence electrons. The van der Waals surface area contributed by atoms with Crippen molar-refractivity contribution in [1.29, 1.82) is 0 Å². The highest BCUT2D eigenvalue weighted by Crippen LogP contribution is 2.39. The molecule has 3 rings (SSSR count). The molecule has 0 radical (unpaired) electrons. The van der Waals surface area contributed by atoms with E-state index in [4.69, 9.17) is 18.6 Å². The van der Waals surface area contributed by atoms with Crippen molar-refractivity contribution in [2.75, 3.05) is 0 Å². The van der Waals surface area contributed by atoms with Crippen LogP contribution in [0.1, 0.15) is 44.4 Å². The SMILES string of the molecule is C=C[C@H](OC(C)=O)[C@@H](OCc1ccccc1)[C@@H](O[Si](C)(C)C(C)(C)C)[C@@H](C=Cc1ccccc1)NC(=O)OCc1ccccc1. The lowest BCUT2D eigenvalue weighted by Crippen LogP contribution is -2.58. The number of alkyl carbamates (subject to hydrolysis) is 1. The molecule has 0 bridgehead atoms. The van der Waals surface area contributed by atoms with Crippen molar-refractivity contribution in [3.8, 4) is 0 Å². The Bertz CT molecular complexity index is 1370. The lowest BCUT2D eigenvalue weighted by atomic mass is 9.99. The van der Waals surface area contributed by atoms with E-state index in [9.17, 15) is 9.59 Å². The average molecular weight is 630 g/mol. The number of hydrogen-bond donors (Lipinski definition) is 1. The largest absolute Gasteiger partial charge is 0.455 e. The van der Waals surface area contributed by atoms with E-state index in [0.717, 1.165) is 16.7 Å². The maximum atomic E-state index is 13.4. The number of ether oxygens (including phenoxy) is 3. The number of carbonyl (C=O) groups is 2. The van der Waals surface area contributed by atoms with Gasteiger partial charge in [-0.3, -0.25) is 4.79 Å². The second-order valence-corrected chi connectivity index (χ2v) is 17.2. The van der Waals surface area contributed by atoms with E-state index in [1.54, 1.807) is 6.08 Å². The van der Waals surface area contributed by atoms with Crippen LogP contribution in [0.4, 0.5) is 4.79 Å². The molecule has 0 heterocycles. The summed E-state index contributed by atoms with van der Waals surface area (Å²) in [5.41, 5.74) is 2.74. The zero-order chi connectivity index (χ0) is 32.9. The Kier molecular flexibility index (Phi) is 13.3. The molecule has 3 aromatic carbocycles. The second kappa shape index (κ2) is 16.9. The van der Waals surface area contributed by atoms with Gasteiger partial charge in [-0.25, -0.2) is 4.79 Å². The van der Waals surface area contributed by atoms with Gasteiger partial charge in [0.2, 0.25) is 0 Å². The first-order valence-corrected chi connectivity index (χ1v) is 18.1. The minimum absolute atomic E-state index is 0.103. The van der Waals surface area contributed by atoms with Gasteiger partial charge in [-0.1, -0.05) is 130 Å². The summed E-state index contributed by atoms with van der Waals surface area (Å²) >= 11 is 0. The lowest BCUT2D eigenvalue weighted by molar-refractivity contribution is -0.158. The number of benzene rings is 3. The molecule has 0 spiro atoms. The molecule has 0 saturated heterocycles. The summed E-state index contributed by atoms with van der Waals surface area (Å²) in [6.45, 7) is 16.3. The van der Waals surface area contributed by atoms with E-state index >= 15 is 0 Å². The van der Waals surface area contributed by atoms with Crippen LogP contribution in [-0.4, -0.2) is 44.7 Å². The Hall–Kier alpha value is -3.98. The maximum absolute atomic E-state index is 13.4. The van der Waals surface area contributed by atoms with Crippen molar-refractivity contribution in [3.63, 3.8) is 0 Å². The van der Waals surface area contributed by atoms with E-state index in [-0.39, 0.29) is 18.3 Å². The van der Waals surface area contributed by atoms with Crippen LogP contribution in [-0.2, 0) is 36.6 Å². The van der Waals surface area contributed by atoms with Crippen LogP contribution in [0.2, 0.25) is 18.1 Å². The molecule has 0 aliphatic heterocycles. The van der Waals surface area contributed by atoms with Crippen molar-refractivity contribution >= 4 is 26.5 Å². The molecule has 0 aliphatic carbocycles. The Balaban J connectivity index is 2.08. The van der Waals surface area contributed by atoms with E-state index in [1.807, 2.05) is 103 Å². The predicted octanol–water partition coefficient (Wildman–Crippen LogP) is 8.09. The lowest BCUT2D eigenvalue weighted by Gasteiger charge is -2.44. The topological polar surface area (TPSA) is 83.1 Å². The summed E-state index contributed by atoms with van der Waals surface area (Å²) in [6, 6.07) is 28.2. The third-order valence-corrected chi connectivity index (χ3v) is 12.3. The summed E-state index contributed by atoms with van der Waals surface area (Å²) in [4.78, 5) is 25.6. The molecular weight excluding hydrogens is 582 g/mol. The normalized spacial score (nSPS) is 14.6. The summed E-state index contributed by atoms with van der Waals surface area (Å²) in [6.07, 6.45) is 2.24. The summed E-state index contributed by atoms with van der Waals surface area (Å²) in [5, 5.41) is 2.86. The van der Waals surface area contributed by atoms with Crippen molar-refractivity contribution < 1.29 is 28.2 Å². The van der Waals surface area contributed by atoms with Gasteiger partial charge in [0.25, 0.3) is 0 Å². The first-order chi connectivity index (χ1) is 21.4. The highest BCUT2D eigenvalue weighted by molar-refractivity contribution is 6.74. The Morgan fingerprint density at radius 1 is 0.844 bits per heavy atom. The molecule has 3 aromatic rings. The minimum Gasteiger partial charge on any atom is -0.455 e. The minimum atomic E-state index is -2.51. The number of rotatable bonds is 15. The van der Waals surface area contributed by atoms with Gasteiger partial charge in [-0.15, -0.1) is 0 Å². The zero-order valence-electron chi connectivity index (χ0n) is 27.3. The Labute approximate surface area is 269 Å². The molecule has 0 saturated carbocycles. The van der Waals surface area contributed by atoms with E-state index in [1.165, 1.54) is 6.92 Å². The molecule has 7 nitrogen and oxygen atoms in total. The Morgan fingerprint density at radius 3 is 1.89 bits per heavy atom. The van der Waals surface area contributed by atoms with Crippen molar-refractivity contribution in [1.82, 2.24) is 5.32 Å². The Morgan fingerprint density at radius 2 is 1.38 bits per heavy atom. The molecule has 8 heteroatoms. The number of esters is 1. The van der Waals surface area contributed by atoms with Gasteiger partial charge < -0.3 is 24.0 Å². The first kappa shape index (κ1) is 35.5. The molecule has 1 N–H and O–H groups in total. The smallest absolute Gasteiger partial charge is 0.408 e. The molecular formula is C37H47NO6Si. The zero-order valence-corrected chi connectivity index (χ0v) is 28.3.